The Hall–Kier alpha value is -4.01. The molecule has 1 N–H and O–H groups in total. The number of fused-ring (bicyclic) bond motifs is 3. The van der Waals surface area contributed by atoms with Crippen LogP contribution in [0.1, 0.15) is 44.2 Å². The predicted octanol–water partition coefficient (Wildman–Crippen LogP) is 4.73. The minimum absolute atomic E-state index is 0.0394. The Morgan fingerprint density at radius 1 is 1.11 bits per heavy atom. The number of hydrogen-bond acceptors (Lipinski definition) is 6. The lowest BCUT2D eigenvalue weighted by atomic mass is 10.0. The van der Waals surface area contributed by atoms with Gasteiger partial charge < -0.3 is 10.1 Å². The van der Waals surface area contributed by atoms with Gasteiger partial charge in [0.25, 0.3) is 5.56 Å². The number of ketones is 1. The highest BCUT2D eigenvalue weighted by Crippen LogP contribution is 2.37. The summed E-state index contributed by atoms with van der Waals surface area (Å²) in [6, 6.07) is 13.0. The van der Waals surface area contributed by atoms with E-state index in [-0.39, 0.29) is 11.6 Å². The molecule has 0 saturated heterocycles. The topological polar surface area (TPSA) is 91.0 Å². The molecule has 0 bridgehead atoms. The molecule has 9 heteroatoms. The molecule has 1 unspecified atom stereocenters. The molecule has 1 saturated carbocycles. The second-order valence-electron chi connectivity index (χ2n) is 9.83. The Bertz CT molecular complexity index is 1530. The molecule has 3 atom stereocenters. The monoisotopic (exact) mass is 501 g/mol. The van der Waals surface area contributed by atoms with Gasteiger partial charge in [-0.1, -0.05) is 24.3 Å². The highest BCUT2D eigenvalue weighted by Gasteiger charge is 2.30. The quantitative estimate of drug-likeness (QED) is 0.394. The maximum atomic E-state index is 13.7. The first kappa shape index (κ1) is 23.4. The molecule has 1 aliphatic heterocycles. The van der Waals surface area contributed by atoms with E-state index in [1.165, 1.54) is 6.92 Å². The van der Waals surface area contributed by atoms with Crippen molar-refractivity contribution < 1.29 is 13.9 Å². The number of aromatic nitrogens is 4. The van der Waals surface area contributed by atoms with Crippen molar-refractivity contribution in [2.24, 2.45) is 5.92 Å². The molecule has 4 aromatic rings. The number of nitrogens with zero attached hydrogens (tertiary/aromatic N) is 4. The largest absolute Gasteiger partial charge is 0.460 e. The van der Waals surface area contributed by atoms with Gasteiger partial charge >= 0.3 is 0 Å². The minimum Gasteiger partial charge on any atom is -0.460 e. The molecule has 2 aromatic heterocycles. The highest BCUT2D eigenvalue weighted by molar-refractivity contribution is 5.85. The molecular formula is C28H28FN5O3. The van der Waals surface area contributed by atoms with E-state index in [9.17, 15) is 14.0 Å². The van der Waals surface area contributed by atoms with Crippen LogP contribution >= 0.6 is 0 Å². The van der Waals surface area contributed by atoms with Gasteiger partial charge in [0.1, 0.15) is 11.5 Å². The molecule has 1 fully saturated rings. The number of alkyl halides is 1. The molecule has 2 aliphatic rings. The third-order valence-corrected chi connectivity index (χ3v) is 7.33. The van der Waals surface area contributed by atoms with Crippen molar-refractivity contribution >= 4 is 22.6 Å². The summed E-state index contributed by atoms with van der Waals surface area (Å²) in [5.41, 5.74) is 3.35. The van der Waals surface area contributed by atoms with Crippen LogP contribution in [-0.2, 0) is 11.3 Å². The smallest absolute Gasteiger partial charge is 0.274 e. The molecule has 0 spiro atoms. The zero-order valence-electron chi connectivity index (χ0n) is 20.6. The third kappa shape index (κ3) is 4.39. The summed E-state index contributed by atoms with van der Waals surface area (Å²) in [6.07, 6.45) is 5.00. The van der Waals surface area contributed by atoms with Crippen LogP contribution in [0.25, 0.3) is 22.0 Å². The Morgan fingerprint density at radius 2 is 1.92 bits per heavy atom. The zero-order chi connectivity index (χ0) is 25.5. The van der Waals surface area contributed by atoms with E-state index in [0.29, 0.717) is 61.1 Å². The van der Waals surface area contributed by atoms with Crippen molar-refractivity contribution in [2.75, 3.05) is 11.9 Å². The molecule has 0 amide bonds. The number of anilines is 1. The highest BCUT2D eigenvalue weighted by atomic mass is 19.1. The number of Topliss-reactive ketones (excluding diaryl/α,β-unsaturated/α-hetero) is 1. The van der Waals surface area contributed by atoms with Crippen LogP contribution in [0.15, 0.2) is 59.7 Å². The second-order valence-corrected chi connectivity index (χ2v) is 9.83. The van der Waals surface area contributed by atoms with Crippen LogP contribution in [-0.4, -0.2) is 38.0 Å². The van der Waals surface area contributed by atoms with Crippen molar-refractivity contribution in [2.45, 2.75) is 51.6 Å². The van der Waals surface area contributed by atoms with Gasteiger partial charge in [-0.05, 0) is 42.5 Å². The minimum atomic E-state index is -1.43. The summed E-state index contributed by atoms with van der Waals surface area (Å²) in [6.45, 7) is 2.62. The normalized spacial score (nSPS) is 19.8. The van der Waals surface area contributed by atoms with Crippen LogP contribution in [0.3, 0.4) is 0 Å². The Balaban J connectivity index is 1.31. The number of halogens is 1. The number of ether oxygens (including phenoxy) is 1. The Morgan fingerprint density at radius 3 is 2.68 bits per heavy atom. The first-order chi connectivity index (χ1) is 18.0. The van der Waals surface area contributed by atoms with E-state index in [1.54, 1.807) is 23.1 Å². The van der Waals surface area contributed by atoms with Crippen LogP contribution in [0.4, 0.5) is 10.3 Å². The number of benzene rings is 2. The van der Waals surface area contributed by atoms with Crippen LogP contribution in [0.5, 0.6) is 5.75 Å². The molecule has 8 nitrogen and oxygen atoms in total. The first-order valence-corrected chi connectivity index (χ1v) is 12.7. The number of para-hydroxylation sites is 1. The van der Waals surface area contributed by atoms with Gasteiger partial charge in [-0.15, -0.1) is 0 Å². The zero-order valence-corrected chi connectivity index (χ0v) is 20.6. The molecule has 190 valence electrons. The van der Waals surface area contributed by atoms with Gasteiger partial charge in [0, 0.05) is 56.4 Å². The molecule has 37 heavy (non-hydrogen) atoms. The summed E-state index contributed by atoms with van der Waals surface area (Å²) in [4.78, 5) is 33.6. The van der Waals surface area contributed by atoms with Gasteiger partial charge in [0.05, 0.1) is 16.9 Å². The van der Waals surface area contributed by atoms with E-state index >= 15 is 0 Å². The van der Waals surface area contributed by atoms with Gasteiger partial charge in [-0.3, -0.25) is 14.3 Å². The lowest BCUT2D eigenvalue weighted by Gasteiger charge is -2.19. The van der Waals surface area contributed by atoms with Crippen molar-refractivity contribution in [1.82, 2.24) is 19.3 Å². The fourth-order valence-corrected chi connectivity index (χ4v) is 5.56. The number of carbonyl (C=O) groups excluding carboxylic acids is 1. The molecule has 0 radical (unpaired) electrons. The Kier molecular flexibility index (Phi) is 5.98. The van der Waals surface area contributed by atoms with Crippen molar-refractivity contribution in [3.63, 3.8) is 0 Å². The molecule has 1 aliphatic carbocycles. The second kappa shape index (κ2) is 9.46. The van der Waals surface area contributed by atoms with Crippen molar-refractivity contribution in [1.29, 1.82) is 0 Å². The lowest BCUT2D eigenvalue weighted by molar-refractivity contribution is -0.117. The molecular weight excluding hydrogens is 473 g/mol. The van der Waals surface area contributed by atoms with E-state index in [0.717, 1.165) is 28.6 Å². The van der Waals surface area contributed by atoms with E-state index in [4.69, 9.17) is 4.74 Å². The van der Waals surface area contributed by atoms with E-state index in [1.807, 2.05) is 41.1 Å². The summed E-state index contributed by atoms with van der Waals surface area (Å²) in [5.74, 6) is 1.68. The lowest BCUT2D eigenvalue weighted by Crippen LogP contribution is -2.18. The van der Waals surface area contributed by atoms with Gasteiger partial charge in [-0.2, -0.15) is 0 Å². The number of carbonyl (C=O) groups is 1. The standard InChI is InChI=1S/C28H28FN5O3/c1-17(29)37-26-5-3-2-4-22(26)24-10-11-33-27(36)23-9-7-19(13-25(23)34(24)33)20-15-31-28(32-16-20)30-14-18-6-8-21(35)12-18/h2-5,7,9,13,15-18,24H,6,8,10-12,14H2,1H3,(H,30,31,32)/t17?,18-,24+/m1/s1. The average molecular weight is 502 g/mol. The van der Waals surface area contributed by atoms with E-state index in [2.05, 4.69) is 15.3 Å². The number of hydrogen-bond donors (Lipinski definition) is 1. The number of rotatable bonds is 7. The SMILES string of the molecule is CC(F)Oc1ccccc1[C@@H]1CCn2c(=O)c3ccc(-c4cnc(NC[C@@H]5CCC(=O)C5)nc4)cc3n21. The summed E-state index contributed by atoms with van der Waals surface area (Å²) >= 11 is 0. The molecule has 3 heterocycles. The Labute approximate surface area is 213 Å². The first-order valence-electron chi connectivity index (χ1n) is 12.7. The fourth-order valence-electron chi connectivity index (χ4n) is 5.56. The average Bonchev–Trinajstić information content (AvgIpc) is 3.59. The van der Waals surface area contributed by atoms with Crippen LogP contribution in [0, 0.1) is 5.92 Å². The van der Waals surface area contributed by atoms with Gasteiger partial charge in [-0.25, -0.2) is 19.0 Å². The van der Waals surface area contributed by atoms with Crippen LogP contribution < -0.4 is 15.6 Å². The fraction of sp³-hybridized carbons (Fsp3) is 0.357. The maximum absolute atomic E-state index is 13.7. The summed E-state index contributed by atoms with van der Waals surface area (Å²) in [7, 11) is 0. The molecule has 2 aromatic carbocycles. The van der Waals surface area contributed by atoms with E-state index < -0.39 is 6.36 Å². The number of nitrogens with one attached hydrogen (secondary N) is 1. The predicted molar refractivity (Wildman–Crippen MR) is 138 cm³/mol. The van der Waals surface area contributed by atoms with Gasteiger partial charge in [0.15, 0.2) is 0 Å². The summed E-state index contributed by atoms with van der Waals surface area (Å²) in [5, 5.41) is 3.87. The summed E-state index contributed by atoms with van der Waals surface area (Å²) < 4.78 is 22.9. The third-order valence-electron chi connectivity index (χ3n) is 7.33. The maximum Gasteiger partial charge on any atom is 0.274 e. The van der Waals surface area contributed by atoms with Crippen LogP contribution in [0.2, 0.25) is 0 Å². The van der Waals surface area contributed by atoms with Crippen molar-refractivity contribution in [3.8, 4) is 16.9 Å². The van der Waals surface area contributed by atoms with Gasteiger partial charge in [0.2, 0.25) is 12.3 Å². The van der Waals surface area contributed by atoms with Crippen molar-refractivity contribution in [3.05, 3.63) is 70.8 Å². The molecule has 6 rings (SSSR count).